The van der Waals surface area contributed by atoms with Gasteiger partial charge in [0.05, 0.1) is 13.7 Å². The number of ether oxygens (including phenoxy) is 2. The van der Waals surface area contributed by atoms with Crippen LogP contribution in [0.3, 0.4) is 0 Å². The van der Waals surface area contributed by atoms with Crippen molar-refractivity contribution in [3.05, 3.63) is 54.2 Å². The van der Waals surface area contributed by atoms with Crippen LogP contribution >= 0.6 is 0 Å². The number of hydrogen-bond acceptors (Lipinski definition) is 5. The Kier molecular flexibility index (Phi) is 11.7. The molecule has 2 aromatic rings. The van der Waals surface area contributed by atoms with Crippen LogP contribution < -0.4 is 14.4 Å². The monoisotopic (exact) mass is 440 g/mol. The van der Waals surface area contributed by atoms with Crippen molar-refractivity contribution in [2.24, 2.45) is 0 Å². The van der Waals surface area contributed by atoms with Crippen molar-refractivity contribution >= 4 is 17.9 Å². The van der Waals surface area contributed by atoms with Crippen LogP contribution in [-0.2, 0) is 4.79 Å². The van der Waals surface area contributed by atoms with Crippen molar-refractivity contribution in [2.45, 2.75) is 51.9 Å². The number of carbonyl (C=O) groups is 1. The van der Waals surface area contributed by atoms with Crippen LogP contribution in [0.1, 0.15) is 57.4 Å². The molecule has 32 heavy (non-hydrogen) atoms. The summed E-state index contributed by atoms with van der Waals surface area (Å²) in [6.45, 7) is 4.35. The molecule has 174 valence electrons. The zero-order chi connectivity index (χ0) is 23.0. The highest BCUT2D eigenvalue weighted by Gasteiger charge is 2.10. The van der Waals surface area contributed by atoms with Crippen LogP contribution in [0, 0.1) is 0 Å². The molecule has 0 unspecified atom stereocenters. The lowest BCUT2D eigenvalue weighted by atomic mass is 10.1. The van der Waals surface area contributed by atoms with E-state index in [4.69, 9.17) is 14.6 Å². The van der Waals surface area contributed by atoms with E-state index in [1.807, 2.05) is 24.4 Å². The van der Waals surface area contributed by atoms with Gasteiger partial charge < -0.3 is 19.5 Å². The van der Waals surface area contributed by atoms with Gasteiger partial charge in [-0.25, -0.2) is 9.78 Å². The number of benzene rings is 1. The third kappa shape index (κ3) is 9.41. The van der Waals surface area contributed by atoms with Gasteiger partial charge in [0, 0.05) is 18.8 Å². The van der Waals surface area contributed by atoms with Gasteiger partial charge in [-0.05, 0) is 42.3 Å². The second kappa shape index (κ2) is 14.9. The average molecular weight is 441 g/mol. The Balaban J connectivity index is 1.93. The molecule has 1 aromatic heterocycles. The zero-order valence-electron chi connectivity index (χ0n) is 19.3. The minimum absolute atomic E-state index is 0.468. The zero-order valence-corrected chi connectivity index (χ0v) is 19.3. The normalized spacial score (nSPS) is 10.9. The van der Waals surface area contributed by atoms with Crippen LogP contribution in [0.15, 0.2) is 48.7 Å². The number of carboxylic acids is 1. The number of anilines is 1. The summed E-state index contributed by atoms with van der Waals surface area (Å²) < 4.78 is 11.4. The van der Waals surface area contributed by atoms with E-state index in [0.717, 1.165) is 30.4 Å². The van der Waals surface area contributed by atoms with Crippen LogP contribution in [-0.4, -0.2) is 42.9 Å². The maximum absolute atomic E-state index is 10.8. The molecule has 0 spiro atoms. The van der Waals surface area contributed by atoms with E-state index in [1.54, 1.807) is 25.3 Å². The number of pyridine rings is 1. The highest BCUT2D eigenvalue weighted by atomic mass is 16.5. The Morgan fingerprint density at radius 2 is 1.81 bits per heavy atom. The molecule has 0 aliphatic heterocycles. The molecule has 1 N–H and O–H groups in total. The van der Waals surface area contributed by atoms with Gasteiger partial charge in [0.2, 0.25) is 0 Å². The molecule has 0 amide bonds. The van der Waals surface area contributed by atoms with Gasteiger partial charge in [0.15, 0.2) is 11.5 Å². The Labute approximate surface area is 191 Å². The summed E-state index contributed by atoms with van der Waals surface area (Å²) in [6, 6.07) is 11.3. The third-order valence-corrected chi connectivity index (χ3v) is 5.23. The van der Waals surface area contributed by atoms with Gasteiger partial charge in [0.25, 0.3) is 0 Å². The maximum Gasteiger partial charge on any atom is 0.328 e. The van der Waals surface area contributed by atoms with E-state index in [2.05, 4.69) is 16.8 Å². The van der Waals surface area contributed by atoms with Crippen LogP contribution in [0.2, 0.25) is 0 Å². The first kappa shape index (κ1) is 25.2. The minimum Gasteiger partial charge on any atom is -0.493 e. The first-order chi connectivity index (χ1) is 15.6. The van der Waals surface area contributed by atoms with Crippen molar-refractivity contribution in [1.82, 2.24) is 4.98 Å². The van der Waals surface area contributed by atoms with Crippen molar-refractivity contribution in [1.29, 1.82) is 0 Å². The number of nitrogens with zero attached hydrogens (tertiary/aromatic N) is 2. The van der Waals surface area contributed by atoms with E-state index in [1.165, 1.54) is 44.6 Å². The molecule has 6 nitrogen and oxygen atoms in total. The van der Waals surface area contributed by atoms with Gasteiger partial charge in [-0.1, -0.05) is 57.6 Å². The minimum atomic E-state index is -0.986. The highest BCUT2D eigenvalue weighted by Crippen LogP contribution is 2.28. The van der Waals surface area contributed by atoms with Gasteiger partial charge in [-0.15, -0.1) is 0 Å². The van der Waals surface area contributed by atoms with E-state index in [0.29, 0.717) is 24.7 Å². The molecular formula is C26H36N2O4. The maximum atomic E-state index is 10.8. The lowest BCUT2D eigenvalue weighted by Gasteiger charge is -2.24. The lowest BCUT2D eigenvalue weighted by molar-refractivity contribution is -0.131. The fraction of sp³-hybridized carbons (Fsp3) is 0.462. The number of rotatable bonds is 16. The highest BCUT2D eigenvalue weighted by molar-refractivity contribution is 5.85. The van der Waals surface area contributed by atoms with Gasteiger partial charge in [0.1, 0.15) is 12.4 Å². The van der Waals surface area contributed by atoms with Crippen molar-refractivity contribution in [2.75, 3.05) is 31.7 Å². The first-order valence-electron chi connectivity index (χ1n) is 11.5. The van der Waals surface area contributed by atoms with Gasteiger partial charge in [-0.3, -0.25) is 0 Å². The summed E-state index contributed by atoms with van der Waals surface area (Å²) in [4.78, 5) is 17.6. The SMILES string of the molecule is CCCCCCCCCN(CCOc1cc(/C=C/C(=O)O)ccc1OC)c1ccccn1. The summed E-state index contributed by atoms with van der Waals surface area (Å²) in [5.74, 6) is 1.18. The van der Waals surface area contributed by atoms with E-state index >= 15 is 0 Å². The number of methoxy groups -OCH3 is 1. The van der Waals surface area contributed by atoms with Crippen LogP contribution in [0.4, 0.5) is 5.82 Å². The summed E-state index contributed by atoms with van der Waals surface area (Å²) >= 11 is 0. The molecular weight excluding hydrogens is 404 g/mol. The number of unbranched alkanes of at least 4 members (excludes halogenated alkanes) is 6. The second-order valence-electron chi connectivity index (χ2n) is 7.73. The molecule has 1 heterocycles. The fourth-order valence-corrected chi connectivity index (χ4v) is 3.48. The molecule has 1 aromatic carbocycles. The van der Waals surface area contributed by atoms with Crippen molar-refractivity contribution in [3.8, 4) is 11.5 Å². The smallest absolute Gasteiger partial charge is 0.328 e. The number of hydrogen-bond donors (Lipinski definition) is 1. The Bertz CT molecular complexity index is 824. The molecule has 0 saturated carbocycles. The molecule has 2 rings (SSSR count). The van der Waals surface area contributed by atoms with E-state index in [9.17, 15) is 4.79 Å². The summed E-state index contributed by atoms with van der Waals surface area (Å²) in [6.07, 6.45) is 13.3. The summed E-state index contributed by atoms with van der Waals surface area (Å²) in [5.41, 5.74) is 0.743. The Hall–Kier alpha value is -3.02. The Morgan fingerprint density at radius 1 is 1.03 bits per heavy atom. The van der Waals surface area contributed by atoms with Crippen molar-refractivity contribution < 1.29 is 19.4 Å². The second-order valence-corrected chi connectivity index (χ2v) is 7.73. The van der Waals surface area contributed by atoms with Gasteiger partial charge in [-0.2, -0.15) is 0 Å². The topological polar surface area (TPSA) is 71.9 Å². The number of aromatic nitrogens is 1. The van der Waals surface area contributed by atoms with Gasteiger partial charge >= 0.3 is 5.97 Å². The molecule has 0 bridgehead atoms. The largest absolute Gasteiger partial charge is 0.493 e. The van der Waals surface area contributed by atoms with E-state index in [-0.39, 0.29) is 0 Å². The van der Waals surface area contributed by atoms with Crippen molar-refractivity contribution in [3.63, 3.8) is 0 Å². The Morgan fingerprint density at radius 3 is 2.50 bits per heavy atom. The average Bonchev–Trinajstić information content (AvgIpc) is 2.81. The molecule has 0 radical (unpaired) electrons. The predicted molar refractivity (Wildman–Crippen MR) is 130 cm³/mol. The molecule has 0 atom stereocenters. The summed E-state index contributed by atoms with van der Waals surface area (Å²) in [5, 5.41) is 8.84. The standard InChI is InChI=1S/C26H36N2O4/c1-3-4-5-6-7-8-11-18-28(25-12-9-10-17-27-25)19-20-32-24-21-22(14-16-26(29)30)13-15-23(24)31-2/h9-10,12-17,21H,3-8,11,18-20H2,1-2H3,(H,29,30)/b16-14+. The molecule has 0 aliphatic carbocycles. The third-order valence-electron chi connectivity index (χ3n) is 5.23. The molecule has 0 fully saturated rings. The molecule has 0 saturated heterocycles. The summed E-state index contributed by atoms with van der Waals surface area (Å²) in [7, 11) is 1.59. The van der Waals surface area contributed by atoms with E-state index < -0.39 is 5.97 Å². The lowest BCUT2D eigenvalue weighted by Crippen LogP contribution is -2.30. The predicted octanol–water partition coefficient (Wildman–Crippen LogP) is 5.82. The molecule has 0 aliphatic rings. The molecule has 6 heteroatoms. The van der Waals surface area contributed by atoms with Crippen LogP contribution in [0.25, 0.3) is 6.08 Å². The van der Waals surface area contributed by atoms with Crippen LogP contribution in [0.5, 0.6) is 11.5 Å². The number of carboxylic acid groups (broad SMARTS) is 1. The number of aliphatic carboxylic acids is 1. The quantitative estimate of drug-likeness (QED) is 0.262. The fourth-order valence-electron chi connectivity index (χ4n) is 3.48. The first-order valence-corrected chi connectivity index (χ1v) is 11.5.